The van der Waals surface area contributed by atoms with Crippen molar-refractivity contribution in [3.8, 4) is 11.5 Å². The molecule has 0 saturated carbocycles. The van der Waals surface area contributed by atoms with Crippen molar-refractivity contribution in [2.45, 2.75) is 32.4 Å². The number of rotatable bonds is 24. The first-order valence-electron chi connectivity index (χ1n) is 30.4. The molecule has 97 heavy (non-hydrogen) atoms. The number of carbonyl (C=O) groups is 12. The van der Waals surface area contributed by atoms with Crippen LogP contribution in [0.5, 0.6) is 11.5 Å². The number of benzene rings is 4. The third-order valence-corrected chi connectivity index (χ3v) is 16.3. The zero-order valence-electron chi connectivity index (χ0n) is 53.1. The molecule has 0 bridgehead atoms. The molecule has 526 valence electrons. The summed E-state index contributed by atoms with van der Waals surface area (Å²) in [4.78, 5) is 163. The molecule has 0 aliphatic carbocycles. The van der Waals surface area contributed by atoms with Crippen LogP contribution in [0.3, 0.4) is 0 Å². The van der Waals surface area contributed by atoms with Crippen LogP contribution in [-0.4, -0.2) is 290 Å². The number of hydrogen-bond donors (Lipinski definition) is 8. The van der Waals surface area contributed by atoms with Gasteiger partial charge in [0.15, 0.2) is 0 Å². The van der Waals surface area contributed by atoms with Crippen molar-refractivity contribution < 1.29 is 178 Å². The van der Waals surface area contributed by atoms with Gasteiger partial charge in [0, 0.05) is 162 Å². The second-order valence-electron chi connectivity index (χ2n) is 22.9. The van der Waals surface area contributed by atoms with Crippen LogP contribution >= 0.6 is 0 Å². The van der Waals surface area contributed by atoms with Gasteiger partial charge in [-0.25, -0.2) is 0 Å². The molecular formula is C61H76Gd2N14O20. The number of carbonyl (C=O) groups excluding carboxylic acids is 12. The van der Waals surface area contributed by atoms with Gasteiger partial charge in [-0.15, -0.1) is 0 Å². The Hall–Kier alpha value is -7.03. The number of nitrogens with zero attached hydrogens (tertiary/aromatic N) is 8. The molecule has 6 amide bonds. The maximum atomic E-state index is 13.9. The monoisotopic (exact) mass is 1640 g/mol. The molecule has 6 rings (SSSR count). The minimum atomic E-state index is -1.40. The van der Waals surface area contributed by atoms with E-state index in [0.29, 0.717) is 21.5 Å². The summed E-state index contributed by atoms with van der Waals surface area (Å²) in [5, 5.41) is 100.0. The van der Waals surface area contributed by atoms with Crippen molar-refractivity contribution in [3.63, 3.8) is 0 Å². The zero-order chi connectivity index (χ0) is 69.5. The summed E-state index contributed by atoms with van der Waals surface area (Å²) in [7, 11) is 0. The van der Waals surface area contributed by atoms with Gasteiger partial charge >= 0.3 is 79.9 Å². The minimum Gasteiger partial charge on any atom is -0.549 e. The number of nitrogens with one attached hydrogen (secondary N) is 6. The van der Waals surface area contributed by atoms with Gasteiger partial charge in [0.05, 0.1) is 72.1 Å². The molecular weight excluding hydrogens is 1560 g/mol. The maximum absolute atomic E-state index is 13.9. The van der Waals surface area contributed by atoms with Crippen LogP contribution in [0, 0.1) is 79.9 Å². The van der Waals surface area contributed by atoms with Gasteiger partial charge < -0.3 is 80.3 Å². The molecule has 4 aromatic carbocycles. The van der Waals surface area contributed by atoms with Crippen molar-refractivity contribution in [2.24, 2.45) is 0 Å². The van der Waals surface area contributed by atoms with E-state index in [-0.39, 0.29) is 213 Å². The Morgan fingerprint density at radius 2 is 0.639 bits per heavy atom. The molecule has 34 nitrogen and oxygen atoms in total. The Balaban J connectivity index is 0.00001000. The van der Waals surface area contributed by atoms with Crippen LogP contribution in [0.4, 0.5) is 0 Å². The first kappa shape index (κ1) is 82.4. The molecule has 2 aliphatic rings. The van der Waals surface area contributed by atoms with Crippen LogP contribution in [0.15, 0.2) is 60.7 Å². The third-order valence-electron chi connectivity index (χ3n) is 16.3. The molecule has 2 aliphatic heterocycles. The molecule has 2 radical (unpaired) electrons. The minimum absolute atomic E-state index is 0. The van der Waals surface area contributed by atoms with Crippen molar-refractivity contribution >= 4 is 92.8 Å². The van der Waals surface area contributed by atoms with E-state index in [9.17, 15) is 98.4 Å². The molecule has 4 aromatic rings. The predicted octanol–water partition coefficient (Wildman–Crippen LogP) is -11.5. The average Bonchev–Trinajstić information content (AvgIpc) is 0.763. The number of amides is 6. The molecule has 2 atom stereocenters. The topological polar surface area (TPSA) is 482 Å². The number of carboxylic acid groups (broad SMARTS) is 6. The normalized spacial score (nSPS) is 16.5. The Labute approximate surface area is 621 Å². The first-order chi connectivity index (χ1) is 45.1. The second-order valence-corrected chi connectivity index (χ2v) is 22.9. The van der Waals surface area contributed by atoms with E-state index >= 15 is 0 Å². The van der Waals surface area contributed by atoms with Gasteiger partial charge in [-0.1, -0.05) is 48.5 Å². The molecule has 0 spiro atoms. The molecule has 2 fully saturated rings. The van der Waals surface area contributed by atoms with E-state index < -0.39 is 147 Å². The van der Waals surface area contributed by atoms with E-state index in [2.05, 4.69) is 32.3 Å². The van der Waals surface area contributed by atoms with E-state index in [1.54, 1.807) is 58.3 Å². The summed E-state index contributed by atoms with van der Waals surface area (Å²) in [5.74, 6) is -14.8. The maximum Gasteiger partial charge on any atom is 3.00 e. The molecule has 2 unspecified atom stereocenters. The van der Waals surface area contributed by atoms with Crippen LogP contribution in [0.25, 0.3) is 21.5 Å². The third kappa shape index (κ3) is 26.6. The smallest absolute Gasteiger partial charge is 0.549 e. The van der Waals surface area contributed by atoms with E-state index in [1.165, 1.54) is 55.4 Å². The van der Waals surface area contributed by atoms with E-state index in [1.807, 2.05) is 0 Å². The number of aliphatic carboxylic acids is 6. The van der Waals surface area contributed by atoms with Crippen molar-refractivity contribution in [1.82, 2.24) is 71.5 Å². The largest absolute Gasteiger partial charge is 3.00 e. The fraction of sp³-hybridized carbons (Fsp3) is 0.475. The summed E-state index contributed by atoms with van der Waals surface area (Å²) >= 11 is 0. The van der Waals surface area contributed by atoms with E-state index in [4.69, 9.17) is 0 Å². The van der Waals surface area contributed by atoms with Gasteiger partial charge in [0.25, 0.3) is 23.6 Å². The predicted molar refractivity (Wildman–Crippen MR) is 322 cm³/mol. The molecule has 36 heteroatoms. The van der Waals surface area contributed by atoms with Crippen LogP contribution in [-0.2, 0) is 54.4 Å². The number of phenols is 2. The van der Waals surface area contributed by atoms with Crippen LogP contribution in [0.1, 0.15) is 45.7 Å². The second kappa shape index (κ2) is 40.8. The average molecular weight is 1640 g/mol. The fourth-order valence-electron chi connectivity index (χ4n) is 11.1. The standard InChI is InChI=1S/C61H82N14O20.2Gd/c1-38(74-23-19-70(34-52(82)83)15-11-68(32-50(78)79)12-16-71(20-24-74)35-53(84)85)58(92)62-30-48(76)64-66-60(94)46-27-40-7-3-5-9-42(40)44(56(46)90)29-45-43-10-6-4-8-41(43)28-47(57(45)91)61(95)67-65-49(77)31-63-59(93)39(2)75-25-21-72(36-54(86)87)17-13-69(33-51(80)81)14-18-73(22-26-75)37-55(88)89;;/h3-10,27-28,38-39,90-91H,11-26,29-37H2,1-2H3,(H,62,92)(H,63,93)(H,64,76)(H,65,77)(H,66,94)(H,67,95)(H,78,79)(H,80,81)(H,82,83)(H,84,85)(H,86,87)(H,88,89);;/q;2*+3/p-6. The summed E-state index contributed by atoms with van der Waals surface area (Å²) < 4.78 is 0. The molecule has 2 saturated heterocycles. The van der Waals surface area contributed by atoms with Gasteiger partial charge in [0.2, 0.25) is 11.8 Å². The summed E-state index contributed by atoms with van der Waals surface area (Å²) in [5.41, 5.74) is 8.35. The Bertz CT molecular complexity index is 3200. The van der Waals surface area contributed by atoms with Crippen LogP contribution < -0.4 is 63.0 Å². The number of hydrazine groups is 2. The molecule has 0 aromatic heterocycles. The van der Waals surface area contributed by atoms with Gasteiger partial charge in [-0.05, 0) is 47.5 Å². The summed E-state index contributed by atoms with van der Waals surface area (Å²) in [6.07, 6.45) is -0.318. The van der Waals surface area contributed by atoms with E-state index in [0.717, 1.165) is 0 Å². The molecule has 8 N–H and O–H groups in total. The Morgan fingerprint density at radius 1 is 0.392 bits per heavy atom. The SMILES string of the molecule is CC(C(=O)NCC(=O)NNC(=O)c1cc2ccccc2c(Cc2c(O)c(C(=O)NNC(=O)CNC(=O)C(C)N3CCN(CC(=O)[O-])CCN(CC(=O)[O-])CCN(CC(=O)[O-])CC3)cc3ccccc23)c1O)N1CCN(CC(=O)[O-])CCN(CC(=O)[O-])CCN(CC(=O)[O-])CC1.[Gd+3].[Gd+3]. The van der Waals surface area contributed by atoms with Gasteiger partial charge in [-0.3, -0.25) is 89.7 Å². The number of hydrogen-bond acceptors (Lipinski definition) is 28. The number of carboxylic acids is 6. The number of fused-ring (bicyclic) bond motifs is 2. The van der Waals surface area contributed by atoms with Gasteiger partial charge in [-0.2, -0.15) is 0 Å². The Kier molecular flexibility index (Phi) is 34.6. The number of aromatic hydroxyl groups is 2. The quantitative estimate of drug-likeness (QED) is 0.0302. The fourth-order valence-corrected chi connectivity index (χ4v) is 11.1. The van der Waals surface area contributed by atoms with Crippen molar-refractivity contribution in [1.29, 1.82) is 0 Å². The van der Waals surface area contributed by atoms with Crippen molar-refractivity contribution in [2.75, 3.05) is 157 Å². The van der Waals surface area contributed by atoms with Crippen LogP contribution in [0.2, 0.25) is 0 Å². The zero-order valence-corrected chi connectivity index (χ0v) is 57.7. The first-order valence-corrected chi connectivity index (χ1v) is 30.4. The van der Waals surface area contributed by atoms with Gasteiger partial charge in [0.1, 0.15) is 11.5 Å². The van der Waals surface area contributed by atoms with Crippen molar-refractivity contribution in [3.05, 3.63) is 82.9 Å². The Morgan fingerprint density at radius 3 is 0.897 bits per heavy atom. The summed E-state index contributed by atoms with van der Waals surface area (Å²) in [6.45, 7) is -0.295. The number of phenolic OH excluding ortho intramolecular Hbond substituents is 2. The molecule has 2 heterocycles. The summed E-state index contributed by atoms with van der Waals surface area (Å²) in [6, 6.07) is 13.9.